The highest BCUT2D eigenvalue weighted by Gasteiger charge is 2.12. The number of urea groups is 1. The first-order chi connectivity index (χ1) is 11.9. The minimum Gasteiger partial charge on any atom is -0.376 e. The van der Waals surface area contributed by atoms with Crippen molar-refractivity contribution in [2.75, 3.05) is 29.6 Å². The zero-order chi connectivity index (χ0) is 18.4. The van der Waals surface area contributed by atoms with E-state index in [1.807, 2.05) is 38.9 Å². The Morgan fingerprint density at radius 1 is 1.12 bits per heavy atom. The number of carbonyl (C=O) groups is 2. The standard InChI is InChI=1S/C18H23N5O2/c1-12(2)20-18(25)21-14-7-5-6-13(10-14)17(24)22-15-11-19-9-8-16(15)23(3)4/h5-12H,1-4H3,(H,22,24)(H2,20,21,25). The molecule has 1 aromatic carbocycles. The second-order valence-electron chi connectivity index (χ2n) is 6.08. The fraction of sp³-hybridized carbons (Fsp3) is 0.278. The highest BCUT2D eigenvalue weighted by molar-refractivity contribution is 6.06. The summed E-state index contributed by atoms with van der Waals surface area (Å²) < 4.78 is 0. The van der Waals surface area contributed by atoms with E-state index < -0.39 is 0 Å². The Balaban J connectivity index is 2.13. The van der Waals surface area contributed by atoms with Crippen LogP contribution in [0.15, 0.2) is 42.7 Å². The number of aromatic nitrogens is 1. The molecule has 2 aromatic rings. The minimum atomic E-state index is -0.310. The summed E-state index contributed by atoms with van der Waals surface area (Å²) in [5.41, 5.74) is 2.46. The predicted octanol–water partition coefficient (Wildman–Crippen LogP) is 2.93. The van der Waals surface area contributed by atoms with Crippen molar-refractivity contribution in [1.82, 2.24) is 10.3 Å². The Hall–Kier alpha value is -3.09. The number of carbonyl (C=O) groups excluding carboxylic acids is 2. The number of hydrogen-bond donors (Lipinski definition) is 3. The molecule has 0 aliphatic heterocycles. The van der Waals surface area contributed by atoms with Gasteiger partial charge in [0.1, 0.15) is 0 Å². The van der Waals surface area contributed by atoms with Crippen LogP contribution < -0.4 is 20.9 Å². The monoisotopic (exact) mass is 341 g/mol. The molecular formula is C18H23N5O2. The molecule has 0 atom stereocenters. The zero-order valence-electron chi connectivity index (χ0n) is 14.8. The van der Waals surface area contributed by atoms with Crippen molar-refractivity contribution in [1.29, 1.82) is 0 Å². The number of rotatable bonds is 5. The van der Waals surface area contributed by atoms with Crippen molar-refractivity contribution in [3.8, 4) is 0 Å². The van der Waals surface area contributed by atoms with Crippen molar-refractivity contribution in [2.24, 2.45) is 0 Å². The van der Waals surface area contributed by atoms with Crippen molar-refractivity contribution >= 4 is 29.0 Å². The van der Waals surface area contributed by atoms with Gasteiger partial charge in [0, 0.05) is 37.6 Å². The van der Waals surface area contributed by atoms with Crippen LogP contribution in [0, 0.1) is 0 Å². The third-order valence-electron chi connectivity index (χ3n) is 3.33. The van der Waals surface area contributed by atoms with E-state index in [4.69, 9.17) is 0 Å². The van der Waals surface area contributed by atoms with Gasteiger partial charge in [-0.2, -0.15) is 0 Å². The van der Waals surface area contributed by atoms with Crippen LogP contribution in [0.5, 0.6) is 0 Å². The molecule has 0 spiro atoms. The van der Waals surface area contributed by atoms with Crippen molar-refractivity contribution in [3.63, 3.8) is 0 Å². The number of pyridine rings is 1. The summed E-state index contributed by atoms with van der Waals surface area (Å²) in [5, 5.41) is 8.30. The molecule has 7 nitrogen and oxygen atoms in total. The topological polar surface area (TPSA) is 86.4 Å². The molecule has 0 fully saturated rings. The highest BCUT2D eigenvalue weighted by atomic mass is 16.2. The second-order valence-corrected chi connectivity index (χ2v) is 6.08. The van der Waals surface area contributed by atoms with Gasteiger partial charge in [0.15, 0.2) is 0 Å². The average Bonchev–Trinajstić information content (AvgIpc) is 2.54. The van der Waals surface area contributed by atoms with E-state index in [2.05, 4.69) is 20.9 Å². The first kappa shape index (κ1) is 18.3. The molecule has 0 saturated heterocycles. The fourth-order valence-electron chi connectivity index (χ4n) is 2.24. The lowest BCUT2D eigenvalue weighted by Gasteiger charge is -2.17. The van der Waals surface area contributed by atoms with Crippen LogP contribution >= 0.6 is 0 Å². The molecule has 3 N–H and O–H groups in total. The van der Waals surface area contributed by atoms with E-state index in [0.29, 0.717) is 16.9 Å². The highest BCUT2D eigenvalue weighted by Crippen LogP contribution is 2.23. The van der Waals surface area contributed by atoms with Gasteiger partial charge in [-0.25, -0.2) is 4.79 Å². The van der Waals surface area contributed by atoms with Gasteiger partial charge in [0.05, 0.1) is 17.6 Å². The van der Waals surface area contributed by atoms with Crippen LogP contribution in [0.1, 0.15) is 24.2 Å². The lowest BCUT2D eigenvalue weighted by molar-refractivity contribution is 0.102. The molecule has 0 aliphatic rings. The maximum atomic E-state index is 12.5. The van der Waals surface area contributed by atoms with Crippen LogP contribution in [0.25, 0.3) is 0 Å². The van der Waals surface area contributed by atoms with Gasteiger partial charge in [-0.05, 0) is 38.1 Å². The van der Waals surface area contributed by atoms with Crippen LogP contribution in [0.3, 0.4) is 0 Å². The van der Waals surface area contributed by atoms with Crippen molar-refractivity contribution in [3.05, 3.63) is 48.3 Å². The Labute approximate surface area is 147 Å². The third kappa shape index (κ3) is 5.20. The summed E-state index contributed by atoms with van der Waals surface area (Å²) in [7, 11) is 3.78. The maximum Gasteiger partial charge on any atom is 0.319 e. The summed E-state index contributed by atoms with van der Waals surface area (Å²) in [6, 6.07) is 8.30. The Kier molecular flexibility index (Phi) is 5.94. The van der Waals surface area contributed by atoms with Crippen LogP contribution in [-0.2, 0) is 0 Å². The third-order valence-corrected chi connectivity index (χ3v) is 3.33. The lowest BCUT2D eigenvalue weighted by Crippen LogP contribution is -2.34. The number of nitrogens with one attached hydrogen (secondary N) is 3. The summed E-state index contributed by atoms with van der Waals surface area (Å²) in [6.07, 6.45) is 3.27. The molecule has 1 aromatic heterocycles. The number of benzene rings is 1. The molecule has 132 valence electrons. The van der Waals surface area contributed by atoms with Crippen LogP contribution in [-0.4, -0.2) is 37.1 Å². The Bertz CT molecular complexity index is 759. The summed E-state index contributed by atoms with van der Waals surface area (Å²) in [5.74, 6) is -0.274. The number of anilines is 3. The molecule has 2 rings (SSSR count). The summed E-state index contributed by atoms with van der Waals surface area (Å²) >= 11 is 0. The largest absolute Gasteiger partial charge is 0.376 e. The minimum absolute atomic E-state index is 0.0292. The van der Waals surface area contributed by atoms with Crippen molar-refractivity contribution in [2.45, 2.75) is 19.9 Å². The normalized spacial score (nSPS) is 10.3. The molecular weight excluding hydrogens is 318 g/mol. The molecule has 0 aliphatic carbocycles. The Morgan fingerprint density at radius 3 is 2.56 bits per heavy atom. The van der Waals surface area contributed by atoms with E-state index in [9.17, 15) is 9.59 Å². The molecule has 1 heterocycles. The SMILES string of the molecule is CC(C)NC(=O)Nc1cccc(C(=O)Nc2cnccc2N(C)C)c1. The lowest BCUT2D eigenvalue weighted by atomic mass is 10.2. The number of amides is 3. The fourth-order valence-corrected chi connectivity index (χ4v) is 2.24. The van der Waals surface area contributed by atoms with Gasteiger partial charge in [-0.3, -0.25) is 9.78 Å². The molecule has 7 heteroatoms. The maximum absolute atomic E-state index is 12.5. The summed E-state index contributed by atoms with van der Waals surface area (Å²) in [6.45, 7) is 3.75. The first-order valence-electron chi connectivity index (χ1n) is 7.97. The predicted molar refractivity (Wildman–Crippen MR) is 100 cm³/mol. The molecule has 0 bridgehead atoms. The van der Waals surface area contributed by atoms with E-state index >= 15 is 0 Å². The van der Waals surface area contributed by atoms with E-state index in [0.717, 1.165) is 5.69 Å². The van der Waals surface area contributed by atoms with Gasteiger partial charge in [-0.15, -0.1) is 0 Å². The van der Waals surface area contributed by atoms with Gasteiger partial charge in [0.25, 0.3) is 5.91 Å². The van der Waals surface area contributed by atoms with Gasteiger partial charge in [0.2, 0.25) is 0 Å². The van der Waals surface area contributed by atoms with Crippen LogP contribution in [0.4, 0.5) is 21.9 Å². The second kappa shape index (κ2) is 8.14. The summed E-state index contributed by atoms with van der Waals surface area (Å²) in [4.78, 5) is 30.2. The smallest absolute Gasteiger partial charge is 0.319 e. The number of hydrogen-bond acceptors (Lipinski definition) is 4. The van der Waals surface area contributed by atoms with E-state index in [1.165, 1.54) is 0 Å². The number of nitrogens with zero attached hydrogens (tertiary/aromatic N) is 2. The van der Waals surface area contributed by atoms with Crippen LogP contribution in [0.2, 0.25) is 0 Å². The first-order valence-corrected chi connectivity index (χ1v) is 7.97. The van der Waals surface area contributed by atoms with Gasteiger partial charge in [-0.1, -0.05) is 6.07 Å². The average molecular weight is 341 g/mol. The molecule has 0 saturated carbocycles. The zero-order valence-corrected chi connectivity index (χ0v) is 14.8. The molecule has 0 unspecified atom stereocenters. The van der Waals surface area contributed by atoms with Crippen molar-refractivity contribution < 1.29 is 9.59 Å². The quantitative estimate of drug-likeness (QED) is 0.780. The molecule has 0 radical (unpaired) electrons. The van der Waals surface area contributed by atoms with E-state index in [1.54, 1.807) is 36.7 Å². The van der Waals surface area contributed by atoms with Gasteiger partial charge >= 0.3 is 6.03 Å². The molecule has 25 heavy (non-hydrogen) atoms. The Morgan fingerprint density at radius 2 is 1.88 bits per heavy atom. The van der Waals surface area contributed by atoms with Gasteiger partial charge < -0.3 is 20.9 Å². The molecule has 3 amide bonds. The van der Waals surface area contributed by atoms with E-state index in [-0.39, 0.29) is 18.0 Å².